The van der Waals surface area contributed by atoms with E-state index in [9.17, 15) is 31.9 Å². The minimum atomic E-state index is -2.89. The van der Waals surface area contributed by atoms with Crippen molar-refractivity contribution in [3.63, 3.8) is 0 Å². The second kappa shape index (κ2) is 11.1. The summed E-state index contributed by atoms with van der Waals surface area (Å²) in [6, 6.07) is 3.72. The summed E-state index contributed by atoms with van der Waals surface area (Å²) in [7, 11) is 0. The third-order valence-corrected chi connectivity index (χ3v) is 7.10. The van der Waals surface area contributed by atoms with Crippen LogP contribution in [0.5, 0.6) is 0 Å². The molecule has 0 aromatic carbocycles. The van der Waals surface area contributed by atoms with E-state index >= 15 is 0 Å². The van der Waals surface area contributed by atoms with E-state index < -0.39 is 59.9 Å². The third kappa shape index (κ3) is 5.71. The Hall–Kier alpha value is -5.22. The maximum atomic E-state index is 14.4. The van der Waals surface area contributed by atoms with E-state index in [4.69, 9.17) is 5.11 Å². The van der Waals surface area contributed by atoms with Crippen molar-refractivity contribution < 1.29 is 37.1 Å². The smallest absolute Gasteiger partial charge is 0.405 e. The van der Waals surface area contributed by atoms with Gasteiger partial charge in [0.25, 0.3) is 5.91 Å². The van der Waals surface area contributed by atoms with Crippen LogP contribution >= 0.6 is 0 Å². The van der Waals surface area contributed by atoms with E-state index in [1.54, 1.807) is 0 Å². The number of amides is 3. The Morgan fingerprint density at radius 2 is 1.95 bits per heavy atom. The molecule has 1 aliphatic heterocycles. The summed E-state index contributed by atoms with van der Waals surface area (Å²) >= 11 is 0. The number of aromatic nitrogens is 6. The molecule has 17 heteroatoms. The zero-order valence-electron chi connectivity index (χ0n) is 23.5. The first-order chi connectivity index (χ1) is 20.7. The van der Waals surface area contributed by atoms with Gasteiger partial charge in [0.05, 0.1) is 34.8 Å². The summed E-state index contributed by atoms with van der Waals surface area (Å²) in [5.74, 6) is -3.07. The van der Waals surface area contributed by atoms with Crippen molar-refractivity contribution in [3.8, 4) is 11.5 Å². The number of nitrogens with one attached hydrogen (secondary N) is 3. The van der Waals surface area contributed by atoms with Crippen molar-refractivity contribution in [2.45, 2.75) is 51.1 Å². The molecular weight excluding hydrogens is 590 g/mol. The highest BCUT2D eigenvalue weighted by molar-refractivity contribution is 6.09. The number of hydrogen-bond donors (Lipinski definition) is 4. The molecule has 1 aliphatic rings. The lowest BCUT2D eigenvalue weighted by Crippen LogP contribution is -2.54. The first-order valence-electron chi connectivity index (χ1n) is 13.1. The van der Waals surface area contributed by atoms with E-state index in [1.165, 1.54) is 43.8 Å². The van der Waals surface area contributed by atoms with Crippen molar-refractivity contribution >= 4 is 34.8 Å². The topological polar surface area (TPSA) is 177 Å². The Balaban J connectivity index is 1.61. The molecule has 5 rings (SSSR count). The van der Waals surface area contributed by atoms with Crippen LogP contribution < -0.4 is 16.0 Å². The predicted molar refractivity (Wildman–Crippen MR) is 146 cm³/mol. The van der Waals surface area contributed by atoms with Gasteiger partial charge in [-0.25, -0.2) is 42.0 Å². The monoisotopic (exact) mass is 615 g/mol. The van der Waals surface area contributed by atoms with Gasteiger partial charge in [-0.15, -0.1) is 0 Å². The first-order valence-corrected chi connectivity index (χ1v) is 13.1. The maximum absolute atomic E-state index is 14.4. The molecule has 0 saturated heterocycles. The number of pyridine rings is 2. The Labute approximate surface area is 246 Å². The highest BCUT2D eigenvalue weighted by Gasteiger charge is 2.44. The molecule has 13 nitrogen and oxygen atoms in total. The zero-order valence-corrected chi connectivity index (χ0v) is 23.5. The molecule has 4 aromatic rings. The van der Waals surface area contributed by atoms with E-state index in [-0.39, 0.29) is 51.9 Å². The summed E-state index contributed by atoms with van der Waals surface area (Å²) in [5, 5.41) is 20.7. The van der Waals surface area contributed by atoms with Crippen LogP contribution in [0.25, 0.3) is 22.6 Å². The number of carbonyl (C=O) groups excluding carboxylic acids is 2. The van der Waals surface area contributed by atoms with Gasteiger partial charge in [0.15, 0.2) is 11.5 Å². The minimum absolute atomic E-state index is 0.0142. The number of carbonyl (C=O) groups is 3. The highest BCUT2D eigenvalue weighted by Crippen LogP contribution is 2.39. The van der Waals surface area contributed by atoms with E-state index in [0.29, 0.717) is 0 Å². The van der Waals surface area contributed by atoms with Crippen LogP contribution in [0.15, 0.2) is 30.6 Å². The molecule has 0 fully saturated rings. The van der Waals surface area contributed by atoms with Crippen molar-refractivity contribution in [3.05, 3.63) is 59.2 Å². The lowest BCUT2D eigenvalue weighted by molar-refractivity contribution is -0.119. The number of hydrogen-bond acceptors (Lipinski definition) is 8. The average molecular weight is 616 g/mol. The fourth-order valence-electron chi connectivity index (χ4n) is 4.90. The summed E-state index contributed by atoms with van der Waals surface area (Å²) in [6.07, 6.45) is -3.05. The molecule has 4 N–H and O–H groups in total. The molecule has 0 saturated carbocycles. The Kier molecular flexibility index (Phi) is 7.65. The van der Waals surface area contributed by atoms with Gasteiger partial charge in [-0.1, -0.05) is 0 Å². The van der Waals surface area contributed by atoms with Crippen LogP contribution in [0.2, 0.25) is 0 Å². The molecule has 0 bridgehead atoms. The highest BCUT2D eigenvalue weighted by atomic mass is 19.3. The molecule has 3 amide bonds. The Bertz CT molecular complexity index is 1810. The van der Waals surface area contributed by atoms with Crippen LogP contribution in [0.4, 0.5) is 28.2 Å². The Morgan fingerprint density at radius 3 is 2.64 bits per heavy atom. The Morgan fingerprint density at radius 1 is 1.20 bits per heavy atom. The van der Waals surface area contributed by atoms with Crippen LogP contribution in [0.1, 0.15) is 48.9 Å². The number of alkyl halides is 2. The predicted octanol–water partition coefficient (Wildman–Crippen LogP) is 3.25. The summed E-state index contributed by atoms with van der Waals surface area (Å²) in [4.78, 5) is 54.5. The third-order valence-electron chi connectivity index (χ3n) is 7.10. The quantitative estimate of drug-likeness (QED) is 0.206. The standard InChI is InChI=1S/C27H25F4N9O4/c1-26(2)17-19(23(41)34-11-27(3,8-16(30)31)38-25(43)44)35-21(36-20(17)37-24(26)42)18-13-7-12(28)9-33-22(13)40(39-18)10-15-14(29)5-4-6-32-15/h4-7,9,16,38H,8,10-11H2,1-3H3,(H,34,41)(H,43,44)(H,35,36,37,42). The summed E-state index contributed by atoms with van der Waals surface area (Å²) in [6.45, 7) is 3.48. The molecule has 1 unspecified atom stereocenters. The first kappa shape index (κ1) is 30.2. The van der Waals surface area contributed by atoms with Crippen LogP contribution in [0, 0.1) is 11.6 Å². The number of carboxylic acid groups (broad SMARTS) is 1. The number of rotatable bonds is 9. The lowest BCUT2D eigenvalue weighted by Gasteiger charge is -2.29. The summed E-state index contributed by atoms with van der Waals surface area (Å²) < 4.78 is 56.5. The van der Waals surface area contributed by atoms with Crippen molar-refractivity contribution in [1.82, 2.24) is 40.3 Å². The maximum Gasteiger partial charge on any atom is 0.405 e. The molecular formula is C27H25F4N9O4. The van der Waals surface area contributed by atoms with Crippen molar-refractivity contribution in [2.75, 3.05) is 11.9 Å². The fraction of sp³-hybridized carbons (Fsp3) is 0.333. The molecule has 5 heterocycles. The van der Waals surface area contributed by atoms with E-state index in [2.05, 4.69) is 35.7 Å². The number of anilines is 1. The normalized spacial score (nSPS) is 15.1. The van der Waals surface area contributed by atoms with Gasteiger partial charge in [0, 0.05) is 24.7 Å². The lowest BCUT2D eigenvalue weighted by atomic mass is 9.85. The van der Waals surface area contributed by atoms with E-state index in [1.807, 2.05) is 5.32 Å². The molecule has 1 atom stereocenters. The SMILES string of the molecule is CC(CNC(=O)c1nc(-c2nn(Cc3ncccc3F)c3ncc(F)cc23)nc2c1C(C)(C)C(=O)N2)(CC(F)F)NC(=O)O. The van der Waals surface area contributed by atoms with Gasteiger partial charge < -0.3 is 21.1 Å². The number of fused-ring (bicyclic) bond motifs is 2. The molecule has 44 heavy (non-hydrogen) atoms. The van der Waals surface area contributed by atoms with Crippen LogP contribution in [-0.4, -0.2) is 71.2 Å². The molecule has 0 aliphatic carbocycles. The number of nitrogens with zero attached hydrogens (tertiary/aromatic N) is 6. The molecule has 4 aromatic heterocycles. The fourth-order valence-corrected chi connectivity index (χ4v) is 4.90. The van der Waals surface area contributed by atoms with Gasteiger partial charge >= 0.3 is 6.09 Å². The van der Waals surface area contributed by atoms with Gasteiger partial charge in [0.1, 0.15) is 28.8 Å². The molecule has 230 valence electrons. The van der Waals surface area contributed by atoms with Crippen LogP contribution in [0.3, 0.4) is 0 Å². The van der Waals surface area contributed by atoms with Gasteiger partial charge in [0.2, 0.25) is 12.3 Å². The van der Waals surface area contributed by atoms with Crippen molar-refractivity contribution in [1.29, 1.82) is 0 Å². The largest absolute Gasteiger partial charge is 0.465 e. The zero-order chi connectivity index (χ0) is 32.0. The minimum Gasteiger partial charge on any atom is -0.465 e. The molecule has 0 spiro atoms. The van der Waals surface area contributed by atoms with Gasteiger partial charge in [-0.3, -0.25) is 14.6 Å². The van der Waals surface area contributed by atoms with Gasteiger partial charge in [-0.2, -0.15) is 5.10 Å². The van der Waals surface area contributed by atoms with Gasteiger partial charge in [-0.05, 0) is 39.0 Å². The van der Waals surface area contributed by atoms with Crippen molar-refractivity contribution in [2.24, 2.45) is 0 Å². The van der Waals surface area contributed by atoms with E-state index in [0.717, 1.165) is 12.3 Å². The second-order valence-corrected chi connectivity index (χ2v) is 10.9. The second-order valence-electron chi connectivity index (χ2n) is 10.9. The average Bonchev–Trinajstić information content (AvgIpc) is 3.39. The number of halogens is 4. The summed E-state index contributed by atoms with van der Waals surface area (Å²) in [5.41, 5.74) is -3.22. The molecule has 0 radical (unpaired) electrons. The van der Waals surface area contributed by atoms with Crippen LogP contribution in [-0.2, 0) is 16.8 Å².